The summed E-state index contributed by atoms with van der Waals surface area (Å²) in [5.41, 5.74) is 3.96. The van der Waals surface area contributed by atoms with Gasteiger partial charge >= 0.3 is 0 Å². The van der Waals surface area contributed by atoms with Crippen molar-refractivity contribution in [2.24, 2.45) is 0 Å². The van der Waals surface area contributed by atoms with Gasteiger partial charge in [-0.25, -0.2) is 0 Å². The van der Waals surface area contributed by atoms with Crippen molar-refractivity contribution in [2.45, 2.75) is 19.8 Å². The molecule has 20 heavy (non-hydrogen) atoms. The van der Waals surface area contributed by atoms with Crippen LogP contribution in [0.4, 0.5) is 0 Å². The van der Waals surface area contributed by atoms with E-state index in [0.29, 0.717) is 0 Å². The van der Waals surface area contributed by atoms with E-state index in [0.717, 1.165) is 40.6 Å². The summed E-state index contributed by atoms with van der Waals surface area (Å²) in [5, 5.41) is 0.774. The Morgan fingerprint density at radius 2 is 1.65 bits per heavy atom. The molecular formula is C18H17NO. The molecule has 0 saturated heterocycles. The van der Waals surface area contributed by atoms with Gasteiger partial charge in [0, 0.05) is 16.5 Å². The van der Waals surface area contributed by atoms with Crippen molar-refractivity contribution < 1.29 is 0 Å². The standard InChI is InChI=1S/C18H17NO/c1-2-8-15-17(13-9-4-3-5-10-13)19-16-12-7-6-11-14(16)18(15)20/h3-7,9-12H,2,8H2,1H3,(H,19,20). The summed E-state index contributed by atoms with van der Waals surface area (Å²) < 4.78 is 0. The average molecular weight is 263 g/mol. The van der Waals surface area contributed by atoms with Crippen molar-refractivity contribution in [3.05, 3.63) is 70.4 Å². The van der Waals surface area contributed by atoms with E-state index in [1.165, 1.54) is 0 Å². The van der Waals surface area contributed by atoms with Crippen LogP contribution in [0.3, 0.4) is 0 Å². The second-order valence-corrected chi connectivity index (χ2v) is 4.97. The minimum absolute atomic E-state index is 0.153. The molecule has 0 saturated carbocycles. The number of rotatable bonds is 3. The van der Waals surface area contributed by atoms with Crippen LogP contribution in [0.5, 0.6) is 0 Å². The maximum atomic E-state index is 12.7. The number of H-pyrrole nitrogens is 1. The van der Waals surface area contributed by atoms with E-state index in [-0.39, 0.29) is 5.43 Å². The first-order valence-corrected chi connectivity index (χ1v) is 7.00. The summed E-state index contributed by atoms with van der Waals surface area (Å²) in [5.74, 6) is 0. The molecule has 0 atom stereocenters. The maximum Gasteiger partial charge on any atom is 0.193 e. The molecule has 0 aliphatic rings. The van der Waals surface area contributed by atoms with E-state index in [2.05, 4.69) is 11.9 Å². The molecule has 0 aliphatic heterocycles. The van der Waals surface area contributed by atoms with E-state index in [1.54, 1.807) is 0 Å². The zero-order chi connectivity index (χ0) is 13.9. The fraction of sp³-hybridized carbons (Fsp3) is 0.167. The number of aromatic nitrogens is 1. The van der Waals surface area contributed by atoms with E-state index >= 15 is 0 Å². The van der Waals surface area contributed by atoms with E-state index in [4.69, 9.17) is 0 Å². The van der Waals surface area contributed by atoms with Crippen molar-refractivity contribution >= 4 is 10.9 Å². The molecule has 0 unspecified atom stereocenters. The summed E-state index contributed by atoms with van der Waals surface area (Å²) in [6, 6.07) is 17.8. The predicted molar refractivity (Wildman–Crippen MR) is 84.0 cm³/mol. The van der Waals surface area contributed by atoms with Gasteiger partial charge in [0.15, 0.2) is 5.43 Å². The zero-order valence-corrected chi connectivity index (χ0v) is 11.5. The van der Waals surface area contributed by atoms with Crippen LogP contribution in [0.2, 0.25) is 0 Å². The SMILES string of the molecule is CCCc1c(-c2ccccc2)[nH]c2ccccc2c1=O. The number of benzene rings is 2. The third-order valence-electron chi connectivity index (χ3n) is 3.57. The Bertz CT molecular complexity index is 787. The number of pyridine rings is 1. The molecule has 0 bridgehead atoms. The highest BCUT2D eigenvalue weighted by Gasteiger charge is 2.12. The maximum absolute atomic E-state index is 12.7. The Labute approximate surface area is 118 Å². The average Bonchev–Trinajstić information content (AvgIpc) is 2.51. The van der Waals surface area contributed by atoms with Gasteiger partial charge in [0.05, 0.1) is 5.69 Å². The van der Waals surface area contributed by atoms with E-state index in [9.17, 15) is 4.79 Å². The summed E-state index contributed by atoms with van der Waals surface area (Å²) in [4.78, 5) is 16.1. The minimum atomic E-state index is 0.153. The van der Waals surface area contributed by atoms with Crippen molar-refractivity contribution in [3.63, 3.8) is 0 Å². The molecule has 3 aromatic rings. The van der Waals surface area contributed by atoms with Crippen LogP contribution < -0.4 is 5.43 Å². The van der Waals surface area contributed by atoms with Crippen LogP contribution >= 0.6 is 0 Å². The molecule has 2 aromatic carbocycles. The van der Waals surface area contributed by atoms with Crippen LogP contribution in [0, 0.1) is 0 Å². The fourth-order valence-corrected chi connectivity index (χ4v) is 2.62. The Morgan fingerprint density at radius 1 is 0.950 bits per heavy atom. The normalized spacial score (nSPS) is 10.8. The lowest BCUT2D eigenvalue weighted by Crippen LogP contribution is -2.12. The molecule has 2 nitrogen and oxygen atoms in total. The first-order valence-electron chi connectivity index (χ1n) is 7.00. The number of hydrogen-bond acceptors (Lipinski definition) is 1. The highest BCUT2D eigenvalue weighted by Crippen LogP contribution is 2.23. The number of para-hydroxylation sites is 1. The van der Waals surface area contributed by atoms with Gasteiger partial charge < -0.3 is 4.98 Å². The Kier molecular flexibility index (Phi) is 3.38. The molecule has 1 aromatic heterocycles. The molecule has 0 radical (unpaired) electrons. The van der Waals surface area contributed by atoms with Gasteiger partial charge in [-0.15, -0.1) is 0 Å². The molecular weight excluding hydrogens is 246 g/mol. The molecule has 2 heteroatoms. The van der Waals surface area contributed by atoms with Gasteiger partial charge in [-0.1, -0.05) is 55.8 Å². The molecule has 1 N–H and O–H groups in total. The molecule has 0 spiro atoms. The lowest BCUT2D eigenvalue weighted by Gasteiger charge is -2.11. The van der Waals surface area contributed by atoms with Gasteiger partial charge in [-0.3, -0.25) is 4.79 Å². The zero-order valence-electron chi connectivity index (χ0n) is 11.5. The first kappa shape index (κ1) is 12.7. The van der Waals surface area contributed by atoms with Crippen molar-refractivity contribution in [3.8, 4) is 11.3 Å². The Balaban J connectivity index is 2.35. The Hall–Kier alpha value is -2.35. The van der Waals surface area contributed by atoms with Crippen LogP contribution in [0.25, 0.3) is 22.2 Å². The largest absolute Gasteiger partial charge is 0.354 e. The van der Waals surface area contributed by atoms with Crippen molar-refractivity contribution in [1.29, 1.82) is 0 Å². The minimum Gasteiger partial charge on any atom is -0.354 e. The van der Waals surface area contributed by atoms with Gasteiger partial charge in [-0.05, 0) is 24.1 Å². The second-order valence-electron chi connectivity index (χ2n) is 4.97. The molecule has 0 amide bonds. The van der Waals surface area contributed by atoms with Crippen molar-refractivity contribution in [2.75, 3.05) is 0 Å². The smallest absolute Gasteiger partial charge is 0.193 e. The van der Waals surface area contributed by atoms with Crippen LogP contribution in [-0.2, 0) is 6.42 Å². The third kappa shape index (κ3) is 2.14. The second kappa shape index (κ2) is 5.33. The van der Waals surface area contributed by atoms with Crippen LogP contribution in [0.1, 0.15) is 18.9 Å². The van der Waals surface area contributed by atoms with Crippen LogP contribution in [0.15, 0.2) is 59.4 Å². The van der Waals surface area contributed by atoms with E-state index in [1.807, 2.05) is 54.6 Å². The lowest BCUT2D eigenvalue weighted by atomic mass is 9.99. The first-order chi connectivity index (χ1) is 9.81. The number of fused-ring (bicyclic) bond motifs is 1. The lowest BCUT2D eigenvalue weighted by molar-refractivity contribution is 0.912. The summed E-state index contributed by atoms with van der Waals surface area (Å²) in [6.45, 7) is 2.10. The van der Waals surface area contributed by atoms with Crippen molar-refractivity contribution in [1.82, 2.24) is 4.98 Å². The molecule has 100 valence electrons. The van der Waals surface area contributed by atoms with Gasteiger partial charge in [0.25, 0.3) is 0 Å². The monoisotopic (exact) mass is 263 g/mol. The molecule has 0 fully saturated rings. The van der Waals surface area contributed by atoms with Gasteiger partial charge in [0.2, 0.25) is 0 Å². The van der Waals surface area contributed by atoms with Crippen LogP contribution in [-0.4, -0.2) is 4.98 Å². The van der Waals surface area contributed by atoms with Gasteiger partial charge in [-0.2, -0.15) is 0 Å². The fourth-order valence-electron chi connectivity index (χ4n) is 2.62. The molecule has 0 aliphatic carbocycles. The number of nitrogens with one attached hydrogen (secondary N) is 1. The summed E-state index contributed by atoms with van der Waals surface area (Å²) in [7, 11) is 0. The predicted octanol–water partition coefficient (Wildman–Crippen LogP) is 4.15. The molecule has 3 rings (SSSR count). The number of aromatic amines is 1. The highest BCUT2D eigenvalue weighted by molar-refractivity contribution is 5.83. The molecule has 1 heterocycles. The van der Waals surface area contributed by atoms with E-state index < -0.39 is 0 Å². The summed E-state index contributed by atoms with van der Waals surface area (Å²) in [6.07, 6.45) is 1.76. The Morgan fingerprint density at radius 3 is 2.40 bits per heavy atom. The quantitative estimate of drug-likeness (QED) is 0.756. The van der Waals surface area contributed by atoms with Gasteiger partial charge in [0.1, 0.15) is 0 Å². The topological polar surface area (TPSA) is 32.9 Å². The summed E-state index contributed by atoms with van der Waals surface area (Å²) >= 11 is 0. The number of hydrogen-bond donors (Lipinski definition) is 1. The third-order valence-corrected chi connectivity index (χ3v) is 3.57. The highest BCUT2D eigenvalue weighted by atomic mass is 16.1.